The lowest BCUT2D eigenvalue weighted by molar-refractivity contribution is 0.301. The molecule has 0 aliphatic carbocycles. The van der Waals surface area contributed by atoms with E-state index in [1.807, 2.05) is 0 Å². The van der Waals surface area contributed by atoms with Crippen LogP contribution in [-0.2, 0) is 6.42 Å². The van der Waals surface area contributed by atoms with Crippen molar-refractivity contribution in [3.8, 4) is 5.75 Å². The Hall–Kier alpha value is -1.02. The predicted molar refractivity (Wildman–Crippen MR) is 78.3 cm³/mol. The van der Waals surface area contributed by atoms with E-state index in [1.54, 1.807) is 0 Å². The number of unbranched alkanes of at least 4 members (excludes halogenated alkanes) is 1. The Morgan fingerprint density at radius 2 is 1.72 bits per heavy atom. The van der Waals surface area contributed by atoms with Crippen LogP contribution in [0.5, 0.6) is 5.75 Å². The summed E-state index contributed by atoms with van der Waals surface area (Å²) in [5.74, 6) is 0.982. The third-order valence-corrected chi connectivity index (χ3v) is 2.83. The summed E-state index contributed by atoms with van der Waals surface area (Å²) in [4.78, 5) is 0. The van der Waals surface area contributed by atoms with Gasteiger partial charge in [0.05, 0.1) is 6.61 Å². The van der Waals surface area contributed by atoms with Crippen molar-refractivity contribution in [2.75, 3.05) is 13.2 Å². The van der Waals surface area contributed by atoms with E-state index >= 15 is 0 Å². The summed E-state index contributed by atoms with van der Waals surface area (Å²) < 4.78 is 5.71. The first-order valence-corrected chi connectivity index (χ1v) is 6.98. The van der Waals surface area contributed by atoms with Crippen LogP contribution < -0.4 is 10.1 Å². The standard InChI is InChI=1S/C16H27NO/c1-5-14-8-10-15(11-9-14)18-13-7-6-12-17-16(2,3)4/h8-11,17H,5-7,12-13H2,1-4H3. The van der Waals surface area contributed by atoms with Gasteiger partial charge in [0.15, 0.2) is 0 Å². The molecule has 1 N–H and O–H groups in total. The van der Waals surface area contributed by atoms with Crippen LogP contribution in [0.2, 0.25) is 0 Å². The average Bonchev–Trinajstić information content (AvgIpc) is 2.33. The van der Waals surface area contributed by atoms with E-state index < -0.39 is 0 Å². The van der Waals surface area contributed by atoms with Gasteiger partial charge in [-0.3, -0.25) is 0 Å². The molecule has 2 heteroatoms. The van der Waals surface area contributed by atoms with Crippen molar-refractivity contribution in [3.63, 3.8) is 0 Å². The van der Waals surface area contributed by atoms with Crippen molar-refractivity contribution < 1.29 is 4.74 Å². The largest absolute Gasteiger partial charge is 0.494 e. The van der Waals surface area contributed by atoms with Crippen LogP contribution in [-0.4, -0.2) is 18.7 Å². The highest BCUT2D eigenvalue weighted by atomic mass is 16.5. The average molecular weight is 249 g/mol. The van der Waals surface area contributed by atoms with Crippen LogP contribution in [0.4, 0.5) is 0 Å². The zero-order chi connectivity index (χ0) is 13.4. The highest BCUT2D eigenvalue weighted by Crippen LogP contribution is 2.12. The molecule has 1 aromatic rings. The first-order valence-electron chi connectivity index (χ1n) is 6.98. The number of nitrogens with one attached hydrogen (secondary N) is 1. The quantitative estimate of drug-likeness (QED) is 0.742. The normalized spacial score (nSPS) is 11.6. The molecule has 0 amide bonds. The topological polar surface area (TPSA) is 21.3 Å². The fourth-order valence-corrected chi connectivity index (χ4v) is 1.70. The maximum atomic E-state index is 5.71. The second kappa shape index (κ2) is 7.42. The minimum atomic E-state index is 0.219. The maximum Gasteiger partial charge on any atom is 0.119 e. The molecule has 0 aromatic heterocycles. The van der Waals surface area contributed by atoms with Gasteiger partial charge in [-0.25, -0.2) is 0 Å². The Morgan fingerprint density at radius 1 is 1.06 bits per heavy atom. The lowest BCUT2D eigenvalue weighted by Crippen LogP contribution is -2.36. The first kappa shape index (κ1) is 15.0. The zero-order valence-corrected chi connectivity index (χ0v) is 12.3. The maximum absolute atomic E-state index is 5.71. The van der Waals surface area contributed by atoms with Gasteiger partial charge in [-0.1, -0.05) is 19.1 Å². The van der Waals surface area contributed by atoms with Crippen LogP contribution in [0, 0.1) is 0 Å². The molecule has 1 aromatic carbocycles. The van der Waals surface area contributed by atoms with Crippen LogP contribution >= 0.6 is 0 Å². The molecule has 0 radical (unpaired) electrons. The number of rotatable bonds is 7. The van der Waals surface area contributed by atoms with E-state index in [0.717, 1.165) is 38.2 Å². The van der Waals surface area contributed by atoms with E-state index in [0.29, 0.717) is 0 Å². The minimum Gasteiger partial charge on any atom is -0.494 e. The Balaban J connectivity index is 2.10. The summed E-state index contributed by atoms with van der Waals surface area (Å²) in [5, 5.41) is 3.48. The third-order valence-electron chi connectivity index (χ3n) is 2.83. The number of hydrogen-bond acceptors (Lipinski definition) is 2. The van der Waals surface area contributed by atoms with Crippen molar-refractivity contribution in [3.05, 3.63) is 29.8 Å². The fourth-order valence-electron chi connectivity index (χ4n) is 1.70. The van der Waals surface area contributed by atoms with Gasteiger partial charge in [0, 0.05) is 5.54 Å². The van der Waals surface area contributed by atoms with E-state index in [1.165, 1.54) is 5.56 Å². The monoisotopic (exact) mass is 249 g/mol. The first-order chi connectivity index (χ1) is 8.51. The summed E-state index contributed by atoms with van der Waals surface area (Å²) in [5.41, 5.74) is 1.58. The smallest absolute Gasteiger partial charge is 0.119 e. The van der Waals surface area contributed by atoms with Gasteiger partial charge in [0.2, 0.25) is 0 Å². The highest BCUT2D eigenvalue weighted by Gasteiger charge is 2.06. The fraction of sp³-hybridized carbons (Fsp3) is 0.625. The van der Waals surface area contributed by atoms with Gasteiger partial charge < -0.3 is 10.1 Å². The number of hydrogen-bond donors (Lipinski definition) is 1. The molecule has 0 atom stereocenters. The molecule has 0 aliphatic heterocycles. The van der Waals surface area contributed by atoms with Gasteiger partial charge in [-0.05, 0) is 64.3 Å². The summed E-state index contributed by atoms with van der Waals surface area (Å²) in [7, 11) is 0. The van der Waals surface area contributed by atoms with Gasteiger partial charge in [-0.2, -0.15) is 0 Å². The molecular weight excluding hydrogens is 222 g/mol. The molecule has 102 valence electrons. The zero-order valence-electron chi connectivity index (χ0n) is 12.3. The Labute approximate surface area is 112 Å². The molecule has 2 nitrogen and oxygen atoms in total. The second-order valence-corrected chi connectivity index (χ2v) is 5.73. The van der Waals surface area contributed by atoms with E-state index in [2.05, 4.69) is 57.3 Å². The van der Waals surface area contributed by atoms with Crippen LogP contribution in [0.25, 0.3) is 0 Å². The van der Waals surface area contributed by atoms with Crippen molar-refractivity contribution >= 4 is 0 Å². The Morgan fingerprint density at radius 3 is 2.28 bits per heavy atom. The molecule has 1 rings (SSSR count). The Bertz CT molecular complexity index is 324. The molecule has 0 saturated carbocycles. The molecule has 0 aliphatic rings. The minimum absolute atomic E-state index is 0.219. The van der Waals surface area contributed by atoms with Crippen molar-refractivity contribution in [2.45, 2.75) is 52.5 Å². The van der Waals surface area contributed by atoms with Gasteiger partial charge >= 0.3 is 0 Å². The summed E-state index contributed by atoms with van der Waals surface area (Å²) >= 11 is 0. The highest BCUT2D eigenvalue weighted by molar-refractivity contribution is 5.27. The van der Waals surface area contributed by atoms with Crippen molar-refractivity contribution in [1.82, 2.24) is 5.32 Å². The summed E-state index contributed by atoms with van der Waals surface area (Å²) in [6.07, 6.45) is 3.33. The van der Waals surface area contributed by atoms with Crippen LogP contribution in [0.15, 0.2) is 24.3 Å². The lowest BCUT2D eigenvalue weighted by atomic mass is 10.1. The number of aryl methyl sites for hydroxylation is 1. The van der Waals surface area contributed by atoms with Crippen molar-refractivity contribution in [2.24, 2.45) is 0 Å². The third kappa shape index (κ3) is 6.65. The number of benzene rings is 1. The van der Waals surface area contributed by atoms with Crippen LogP contribution in [0.1, 0.15) is 46.1 Å². The molecule has 0 saturated heterocycles. The summed E-state index contributed by atoms with van der Waals surface area (Å²) in [6, 6.07) is 8.39. The van der Waals surface area contributed by atoms with Gasteiger partial charge in [0.1, 0.15) is 5.75 Å². The van der Waals surface area contributed by atoms with E-state index in [4.69, 9.17) is 4.74 Å². The summed E-state index contributed by atoms with van der Waals surface area (Å²) in [6.45, 7) is 10.6. The van der Waals surface area contributed by atoms with E-state index in [-0.39, 0.29) is 5.54 Å². The predicted octanol–water partition coefficient (Wildman–Crippen LogP) is 3.80. The molecule has 0 spiro atoms. The van der Waals surface area contributed by atoms with E-state index in [9.17, 15) is 0 Å². The Kier molecular flexibility index (Phi) is 6.20. The second-order valence-electron chi connectivity index (χ2n) is 5.73. The molecule has 18 heavy (non-hydrogen) atoms. The molecule has 0 fully saturated rings. The number of ether oxygens (including phenoxy) is 1. The molecule has 0 unspecified atom stereocenters. The van der Waals surface area contributed by atoms with Crippen LogP contribution in [0.3, 0.4) is 0 Å². The SMILES string of the molecule is CCc1ccc(OCCCCNC(C)(C)C)cc1. The molecule has 0 bridgehead atoms. The molecule has 0 heterocycles. The lowest BCUT2D eigenvalue weighted by Gasteiger charge is -2.20. The van der Waals surface area contributed by atoms with Gasteiger partial charge in [-0.15, -0.1) is 0 Å². The molecular formula is C16H27NO. The van der Waals surface area contributed by atoms with Gasteiger partial charge in [0.25, 0.3) is 0 Å². The van der Waals surface area contributed by atoms with Crippen molar-refractivity contribution in [1.29, 1.82) is 0 Å².